The number of carbonyl (C=O) groups excluding carboxylic acids is 1. The first-order chi connectivity index (χ1) is 11.8. The van der Waals surface area contributed by atoms with E-state index >= 15 is 0 Å². The van der Waals surface area contributed by atoms with Crippen molar-refractivity contribution in [3.8, 4) is 5.69 Å². The highest BCUT2D eigenvalue weighted by molar-refractivity contribution is 5.92. The summed E-state index contributed by atoms with van der Waals surface area (Å²) in [6, 6.07) is 3.80. The number of nitrogens with zero attached hydrogens (tertiary/aromatic N) is 6. The monoisotopic (exact) mass is 323 g/mol. The van der Waals surface area contributed by atoms with E-state index in [2.05, 4.69) is 25.4 Å². The van der Waals surface area contributed by atoms with Crippen molar-refractivity contribution in [2.75, 3.05) is 0 Å². The molecule has 0 aromatic carbocycles. The third-order valence-corrected chi connectivity index (χ3v) is 4.27. The Morgan fingerprint density at radius 3 is 2.83 bits per heavy atom. The van der Waals surface area contributed by atoms with Gasteiger partial charge in [-0.3, -0.25) is 9.48 Å². The summed E-state index contributed by atoms with van der Waals surface area (Å²) in [5, 5.41) is 7.13. The van der Waals surface area contributed by atoms with Gasteiger partial charge in [-0.25, -0.2) is 15.0 Å². The molecule has 0 bridgehead atoms. The number of hydrogen-bond acceptors (Lipinski definition) is 5. The number of aromatic nitrogens is 6. The van der Waals surface area contributed by atoms with Crippen LogP contribution < -0.4 is 5.32 Å². The van der Waals surface area contributed by atoms with Gasteiger partial charge in [-0.15, -0.1) is 0 Å². The predicted octanol–water partition coefficient (Wildman–Crippen LogP) is 1.07. The molecule has 0 radical (unpaired) electrons. The summed E-state index contributed by atoms with van der Waals surface area (Å²) in [5.41, 5.74) is 1.30. The van der Waals surface area contributed by atoms with Crippen LogP contribution in [0.25, 0.3) is 5.69 Å². The first kappa shape index (κ1) is 14.6. The van der Waals surface area contributed by atoms with E-state index in [1.54, 1.807) is 31.1 Å². The lowest BCUT2D eigenvalue weighted by Crippen LogP contribution is -2.45. The highest BCUT2D eigenvalue weighted by atomic mass is 16.1. The smallest absolute Gasteiger partial charge is 0.270 e. The lowest BCUT2D eigenvalue weighted by molar-refractivity contribution is 0.0874. The van der Waals surface area contributed by atoms with Crippen molar-refractivity contribution in [2.24, 2.45) is 5.92 Å². The standard InChI is InChI=1S/C16H17N7O/c24-16(15-2-1-14(7-19-15)22-4-3-17-10-22)21-13-5-12(6-13)8-23-11-18-9-20-23/h1-4,7,9-13H,5-6,8H2,(H,21,24). The summed E-state index contributed by atoms with van der Waals surface area (Å²) in [4.78, 5) is 24.4. The Morgan fingerprint density at radius 1 is 1.25 bits per heavy atom. The Balaban J connectivity index is 1.29. The lowest BCUT2D eigenvalue weighted by atomic mass is 9.80. The number of amides is 1. The van der Waals surface area contributed by atoms with Gasteiger partial charge in [0.25, 0.3) is 5.91 Å². The largest absolute Gasteiger partial charge is 0.348 e. The number of nitrogens with one attached hydrogen (secondary N) is 1. The summed E-state index contributed by atoms with van der Waals surface area (Å²) in [7, 11) is 0. The second-order valence-corrected chi connectivity index (χ2v) is 6.00. The molecule has 0 spiro atoms. The van der Waals surface area contributed by atoms with Crippen molar-refractivity contribution < 1.29 is 4.79 Å². The van der Waals surface area contributed by atoms with Gasteiger partial charge in [0.2, 0.25) is 0 Å². The normalized spacial score (nSPS) is 19.7. The zero-order chi connectivity index (χ0) is 16.4. The third kappa shape index (κ3) is 3.03. The van der Waals surface area contributed by atoms with E-state index in [0.717, 1.165) is 25.1 Å². The minimum absolute atomic E-state index is 0.128. The minimum Gasteiger partial charge on any atom is -0.348 e. The summed E-state index contributed by atoms with van der Waals surface area (Å²) in [6.45, 7) is 0.851. The molecule has 1 saturated carbocycles. The minimum atomic E-state index is -0.128. The lowest BCUT2D eigenvalue weighted by Gasteiger charge is -2.35. The third-order valence-electron chi connectivity index (χ3n) is 4.27. The summed E-state index contributed by atoms with van der Waals surface area (Å²) in [6.07, 6.45) is 12.1. The topological polar surface area (TPSA) is 90.5 Å². The van der Waals surface area contributed by atoms with Crippen LogP contribution in [-0.2, 0) is 6.54 Å². The molecule has 8 heteroatoms. The molecule has 0 aliphatic heterocycles. The zero-order valence-electron chi connectivity index (χ0n) is 13.0. The fourth-order valence-corrected chi connectivity index (χ4v) is 2.94. The van der Waals surface area contributed by atoms with Crippen LogP contribution in [0.3, 0.4) is 0 Å². The number of hydrogen-bond donors (Lipinski definition) is 1. The molecule has 8 nitrogen and oxygen atoms in total. The highest BCUT2D eigenvalue weighted by Gasteiger charge is 2.31. The van der Waals surface area contributed by atoms with E-state index in [9.17, 15) is 4.79 Å². The quantitative estimate of drug-likeness (QED) is 0.758. The Morgan fingerprint density at radius 2 is 2.17 bits per heavy atom. The van der Waals surface area contributed by atoms with E-state index in [0.29, 0.717) is 11.6 Å². The van der Waals surface area contributed by atoms with E-state index in [4.69, 9.17) is 0 Å². The average molecular weight is 323 g/mol. The summed E-state index contributed by atoms with van der Waals surface area (Å²) in [5.74, 6) is 0.407. The molecule has 1 amide bonds. The van der Waals surface area contributed by atoms with Gasteiger partial charge in [0.15, 0.2) is 0 Å². The summed E-state index contributed by atoms with van der Waals surface area (Å²) < 4.78 is 3.68. The second kappa shape index (κ2) is 6.23. The van der Waals surface area contributed by atoms with Gasteiger partial charge in [-0.2, -0.15) is 5.10 Å². The molecule has 3 aromatic heterocycles. The molecule has 24 heavy (non-hydrogen) atoms. The van der Waals surface area contributed by atoms with Crippen LogP contribution in [0.4, 0.5) is 0 Å². The van der Waals surface area contributed by atoms with Gasteiger partial charge in [-0.05, 0) is 30.9 Å². The number of carbonyl (C=O) groups is 1. The van der Waals surface area contributed by atoms with Crippen LogP contribution in [0, 0.1) is 5.92 Å². The predicted molar refractivity (Wildman–Crippen MR) is 85.4 cm³/mol. The summed E-state index contributed by atoms with van der Waals surface area (Å²) >= 11 is 0. The van der Waals surface area contributed by atoms with Gasteiger partial charge >= 0.3 is 0 Å². The van der Waals surface area contributed by atoms with Gasteiger partial charge in [-0.1, -0.05) is 0 Å². The van der Waals surface area contributed by atoms with Crippen molar-refractivity contribution in [1.82, 2.24) is 34.6 Å². The molecule has 122 valence electrons. The Bertz CT molecular complexity index is 790. The van der Waals surface area contributed by atoms with Gasteiger partial charge in [0.05, 0.1) is 18.2 Å². The van der Waals surface area contributed by atoms with Crippen LogP contribution in [0.2, 0.25) is 0 Å². The molecule has 1 aliphatic carbocycles. The Hall–Kier alpha value is -3.03. The van der Waals surface area contributed by atoms with E-state index in [1.165, 1.54) is 6.33 Å². The maximum absolute atomic E-state index is 12.2. The Kier molecular flexibility index (Phi) is 3.78. The molecule has 4 rings (SSSR count). The Labute approximate surface area is 138 Å². The maximum Gasteiger partial charge on any atom is 0.270 e. The van der Waals surface area contributed by atoms with Crippen LogP contribution in [0.5, 0.6) is 0 Å². The zero-order valence-corrected chi connectivity index (χ0v) is 13.0. The molecule has 3 heterocycles. The van der Waals surface area contributed by atoms with Crippen molar-refractivity contribution in [3.63, 3.8) is 0 Å². The molecule has 1 fully saturated rings. The molecule has 0 saturated heterocycles. The molecule has 1 aliphatic rings. The van der Waals surface area contributed by atoms with Crippen LogP contribution >= 0.6 is 0 Å². The van der Waals surface area contributed by atoms with E-state index in [-0.39, 0.29) is 11.9 Å². The van der Waals surface area contributed by atoms with Crippen LogP contribution in [0.15, 0.2) is 49.7 Å². The van der Waals surface area contributed by atoms with Crippen molar-refractivity contribution >= 4 is 5.91 Å². The molecular formula is C16H17N7O. The van der Waals surface area contributed by atoms with Gasteiger partial charge in [0, 0.05) is 25.0 Å². The van der Waals surface area contributed by atoms with Crippen LogP contribution in [0.1, 0.15) is 23.3 Å². The number of rotatable bonds is 5. The average Bonchev–Trinajstić information content (AvgIpc) is 3.26. The van der Waals surface area contributed by atoms with Crippen molar-refractivity contribution in [3.05, 3.63) is 55.4 Å². The number of pyridine rings is 1. The van der Waals surface area contributed by atoms with Crippen LogP contribution in [-0.4, -0.2) is 41.2 Å². The maximum atomic E-state index is 12.2. The molecule has 3 aromatic rings. The highest BCUT2D eigenvalue weighted by Crippen LogP contribution is 2.28. The fraction of sp³-hybridized carbons (Fsp3) is 0.312. The molecular weight excluding hydrogens is 306 g/mol. The van der Waals surface area contributed by atoms with Crippen molar-refractivity contribution in [1.29, 1.82) is 0 Å². The SMILES string of the molecule is O=C(NC1CC(Cn2cncn2)C1)c1ccc(-n2ccnc2)cn1. The van der Waals surface area contributed by atoms with Gasteiger partial charge in [0.1, 0.15) is 18.3 Å². The van der Waals surface area contributed by atoms with E-state index < -0.39 is 0 Å². The first-order valence-corrected chi connectivity index (χ1v) is 7.85. The number of imidazole rings is 1. The van der Waals surface area contributed by atoms with Gasteiger partial charge < -0.3 is 9.88 Å². The second-order valence-electron chi connectivity index (χ2n) is 6.00. The fourth-order valence-electron chi connectivity index (χ4n) is 2.94. The molecule has 0 atom stereocenters. The first-order valence-electron chi connectivity index (χ1n) is 7.85. The molecule has 1 N–H and O–H groups in total. The van der Waals surface area contributed by atoms with E-state index in [1.807, 2.05) is 21.5 Å². The molecule has 0 unspecified atom stereocenters. The van der Waals surface area contributed by atoms with Crippen molar-refractivity contribution in [2.45, 2.75) is 25.4 Å².